The molecular weight excluding hydrogens is 330 g/mol. The van der Waals surface area contributed by atoms with Crippen LogP contribution in [0.2, 0.25) is 0 Å². The average Bonchev–Trinajstić information content (AvgIpc) is 2.63. The summed E-state index contributed by atoms with van der Waals surface area (Å²) >= 11 is 0. The Hall–Kier alpha value is -2.61. The highest BCUT2D eigenvalue weighted by molar-refractivity contribution is 5.78. The van der Waals surface area contributed by atoms with E-state index in [1.165, 1.54) is 6.07 Å². The first-order chi connectivity index (χ1) is 12.1. The fourth-order valence-corrected chi connectivity index (χ4v) is 2.52. The van der Waals surface area contributed by atoms with Crippen molar-refractivity contribution >= 4 is 11.7 Å². The molecule has 2 aromatic rings. The van der Waals surface area contributed by atoms with Crippen LogP contribution in [0.25, 0.3) is 0 Å². The highest BCUT2D eigenvalue weighted by atomic mass is 19.1. The van der Waals surface area contributed by atoms with E-state index in [2.05, 4.69) is 20.2 Å². The lowest BCUT2D eigenvalue weighted by molar-refractivity contribution is -0.120. The van der Waals surface area contributed by atoms with Gasteiger partial charge in [-0.15, -0.1) is 0 Å². The molecule has 1 amide bonds. The standard InChI is InChI=1S/C17H18F2N4O2/c18-13-2-1-12(14(19)10-13)9-17(24)21-11-15-20-4-3-16(22-15)23-5-7-25-8-6-23/h1-4,10H,5-9,11H2,(H,21,24). The molecule has 1 aliphatic heterocycles. The second kappa shape index (κ2) is 7.98. The van der Waals surface area contributed by atoms with E-state index in [1.54, 1.807) is 6.20 Å². The second-order valence-corrected chi connectivity index (χ2v) is 5.62. The predicted octanol–water partition coefficient (Wildman–Crippen LogP) is 1.45. The van der Waals surface area contributed by atoms with Crippen molar-refractivity contribution in [3.05, 3.63) is 53.5 Å². The number of hydrogen-bond donors (Lipinski definition) is 1. The summed E-state index contributed by atoms with van der Waals surface area (Å²) < 4.78 is 31.8. The molecule has 1 fully saturated rings. The number of nitrogens with zero attached hydrogens (tertiary/aromatic N) is 3. The third-order valence-electron chi connectivity index (χ3n) is 3.84. The third-order valence-corrected chi connectivity index (χ3v) is 3.84. The zero-order valence-electron chi connectivity index (χ0n) is 13.5. The van der Waals surface area contributed by atoms with Crippen LogP contribution in [-0.2, 0) is 22.5 Å². The van der Waals surface area contributed by atoms with Gasteiger partial charge in [0.25, 0.3) is 0 Å². The van der Waals surface area contributed by atoms with Crippen LogP contribution in [-0.4, -0.2) is 42.2 Å². The molecule has 0 saturated carbocycles. The number of carbonyl (C=O) groups is 1. The average molecular weight is 348 g/mol. The van der Waals surface area contributed by atoms with Gasteiger partial charge in [0.2, 0.25) is 5.91 Å². The van der Waals surface area contributed by atoms with Gasteiger partial charge in [-0.2, -0.15) is 0 Å². The molecule has 0 unspecified atom stereocenters. The van der Waals surface area contributed by atoms with Crippen molar-refractivity contribution in [2.75, 3.05) is 31.2 Å². The molecule has 6 nitrogen and oxygen atoms in total. The van der Waals surface area contributed by atoms with Gasteiger partial charge in [-0.1, -0.05) is 6.07 Å². The number of halogens is 2. The quantitative estimate of drug-likeness (QED) is 0.886. The summed E-state index contributed by atoms with van der Waals surface area (Å²) in [5.74, 6) is -0.536. The van der Waals surface area contributed by atoms with E-state index in [1.807, 2.05) is 6.07 Å². The summed E-state index contributed by atoms with van der Waals surface area (Å²) in [5.41, 5.74) is 0.141. The molecule has 2 heterocycles. The maximum Gasteiger partial charge on any atom is 0.224 e. The molecule has 132 valence electrons. The summed E-state index contributed by atoms with van der Waals surface area (Å²) in [6.45, 7) is 2.96. The first-order valence-corrected chi connectivity index (χ1v) is 7.97. The van der Waals surface area contributed by atoms with Gasteiger partial charge in [0.1, 0.15) is 23.3 Å². The Kier molecular flexibility index (Phi) is 5.49. The smallest absolute Gasteiger partial charge is 0.224 e. The molecule has 8 heteroatoms. The maximum absolute atomic E-state index is 13.6. The monoisotopic (exact) mass is 348 g/mol. The van der Waals surface area contributed by atoms with Gasteiger partial charge in [0, 0.05) is 25.4 Å². The molecule has 1 saturated heterocycles. The van der Waals surface area contributed by atoms with Gasteiger partial charge in [-0.25, -0.2) is 18.7 Å². The number of hydrogen-bond acceptors (Lipinski definition) is 5. The molecule has 1 N–H and O–H groups in total. The van der Waals surface area contributed by atoms with E-state index < -0.39 is 11.6 Å². The van der Waals surface area contributed by atoms with E-state index in [4.69, 9.17) is 4.74 Å². The molecule has 1 aromatic heterocycles. The van der Waals surface area contributed by atoms with E-state index >= 15 is 0 Å². The zero-order valence-corrected chi connectivity index (χ0v) is 13.5. The number of aromatic nitrogens is 2. The first-order valence-electron chi connectivity index (χ1n) is 7.97. The highest BCUT2D eigenvalue weighted by Crippen LogP contribution is 2.12. The number of ether oxygens (including phenoxy) is 1. The van der Waals surface area contributed by atoms with Crippen molar-refractivity contribution in [3.8, 4) is 0 Å². The first kappa shape index (κ1) is 17.2. The van der Waals surface area contributed by atoms with E-state index in [-0.39, 0.29) is 24.4 Å². The zero-order chi connectivity index (χ0) is 17.6. The Morgan fingerprint density at radius 3 is 2.80 bits per heavy atom. The van der Waals surface area contributed by atoms with Crippen LogP contribution in [0, 0.1) is 11.6 Å². The summed E-state index contributed by atoms with van der Waals surface area (Å²) in [4.78, 5) is 22.6. The van der Waals surface area contributed by atoms with Crippen LogP contribution in [0.3, 0.4) is 0 Å². The minimum atomic E-state index is -0.735. The number of benzene rings is 1. The van der Waals surface area contributed by atoms with E-state index in [9.17, 15) is 13.6 Å². The predicted molar refractivity (Wildman–Crippen MR) is 87.0 cm³/mol. The fourth-order valence-electron chi connectivity index (χ4n) is 2.52. The van der Waals surface area contributed by atoms with Crippen LogP contribution < -0.4 is 10.2 Å². The van der Waals surface area contributed by atoms with Crippen molar-refractivity contribution in [2.24, 2.45) is 0 Å². The fraction of sp³-hybridized carbons (Fsp3) is 0.353. The topological polar surface area (TPSA) is 67.4 Å². The van der Waals surface area contributed by atoms with Crippen LogP contribution in [0.4, 0.5) is 14.6 Å². The lowest BCUT2D eigenvalue weighted by atomic mass is 10.1. The lowest BCUT2D eigenvalue weighted by Crippen LogP contribution is -2.37. The summed E-state index contributed by atoms with van der Waals surface area (Å²) in [6, 6.07) is 4.96. The van der Waals surface area contributed by atoms with Gasteiger partial charge in [0.15, 0.2) is 0 Å². The largest absolute Gasteiger partial charge is 0.378 e. The molecule has 0 bridgehead atoms. The summed E-state index contributed by atoms with van der Waals surface area (Å²) in [5, 5.41) is 2.65. The Balaban J connectivity index is 1.56. The molecule has 1 aromatic carbocycles. The number of rotatable bonds is 5. The van der Waals surface area contributed by atoms with Crippen LogP contribution >= 0.6 is 0 Å². The van der Waals surface area contributed by atoms with Gasteiger partial charge in [-0.3, -0.25) is 4.79 Å². The van der Waals surface area contributed by atoms with Crippen LogP contribution in [0.5, 0.6) is 0 Å². The number of carbonyl (C=O) groups excluding carboxylic acids is 1. The SMILES string of the molecule is O=C(Cc1ccc(F)cc1F)NCc1nccc(N2CCOCC2)n1. The number of anilines is 1. The molecule has 3 rings (SSSR count). The van der Waals surface area contributed by atoms with Gasteiger partial charge >= 0.3 is 0 Å². The van der Waals surface area contributed by atoms with Gasteiger partial charge in [0.05, 0.1) is 26.2 Å². The van der Waals surface area contributed by atoms with Crippen molar-refractivity contribution in [3.63, 3.8) is 0 Å². The number of nitrogens with one attached hydrogen (secondary N) is 1. The van der Waals surface area contributed by atoms with Gasteiger partial charge < -0.3 is 15.0 Å². The van der Waals surface area contributed by atoms with Crippen molar-refractivity contribution < 1.29 is 18.3 Å². The summed E-state index contributed by atoms with van der Waals surface area (Å²) in [7, 11) is 0. The third kappa shape index (κ3) is 4.69. The molecule has 0 radical (unpaired) electrons. The van der Waals surface area contributed by atoms with Crippen LogP contribution in [0.1, 0.15) is 11.4 Å². The Labute approximate surface area is 143 Å². The van der Waals surface area contributed by atoms with Crippen molar-refractivity contribution in [1.82, 2.24) is 15.3 Å². The molecule has 1 aliphatic rings. The number of amides is 1. The maximum atomic E-state index is 13.6. The Morgan fingerprint density at radius 1 is 1.24 bits per heavy atom. The second-order valence-electron chi connectivity index (χ2n) is 5.62. The molecule has 0 spiro atoms. The highest BCUT2D eigenvalue weighted by Gasteiger charge is 2.14. The Bertz CT molecular complexity index is 751. The van der Waals surface area contributed by atoms with Gasteiger partial charge in [-0.05, 0) is 17.7 Å². The van der Waals surface area contributed by atoms with Crippen LogP contribution in [0.15, 0.2) is 30.5 Å². The molecule has 0 atom stereocenters. The Morgan fingerprint density at radius 2 is 2.04 bits per heavy atom. The number of morpholine rings is 1. The lowest BCUT2D eigenvalue weighted by Gasteiger charge is -2.27. The molecular formula is C17H18F2N4O2. The molecule has 0 aliphatic carbocycles. The van der Waals surface area contributed by atoms with E-state index in [0.29, 0.717) is 19.0 Å². The van der Waals surface area contributed by atoms with E-state index in [0.717, 1.165) is 31.0 Å². The minimum absolute atomic E-state index is 0.139. The molecule has 25 heavy (non-hydrogen) atoms. The van der Waals surface area contributed by atoms with Crippen molar-refractivity contribution in [2.45, 2.75) is 13.0 Å². The summed E-state index contributed by atoms with van der Waals surface area (Å²) in [6.07, 6.45) is 1.47. The van der Waals surface area contributed by atoms with Crippen molar-refractivity contribution in [1.29, 1.82) is 0 Å². The minimum Gasteiger partial charge on any atom is -0.378 e. The normalized spacial score (nSPS) is 14.4.